The van der Waals surface area contributed by atoms with Crippen molar-refractivity contribution in [3.8, 4) is 0 Å². The average molecular weight is 533 g/mol. The summed E-state index contributed by atoms with van der Waals surface area (Å²) in [5.41, 5.74) is 3.13. The molecule has 2 aromatic rings. The van der Waals surface area contributed by atoms with Crippen LogP contribution in [-0.2, 0) is 27.4 Å². The molecule has 10 heteroatoms. The quantitative estimate of drug-likeness (QED) is 0.433. The minimum absolute atomic E-state index is 0.206. The minimum Gasteiger partial charge on any atom is -0.454 e. The molecule has 1 aromatic heterocycles. The Morgan fingerprint density at radius 2 is 2.00 bits per heavy atom. The molecule has 2 aliphatic heterocycles. The van der Waals surface area contributed by atoms with Crippen LogP contribution in [0.15, 0.2) is 23.6 Å². The highest BCUT2D eigenvalue weighted by atomic mass is 32.1. The van der Waals surface area contributed by atoms with Crippen molar-refractivity contribution in [2.75, 3.05) is 5.32 Å². The van der Waals surface area contributed by atoms with Gasteiger partial charge < -0.3 is 15.0 Å². The van der Waals surface area contributed by atoms with Crippen molar-refractivity contribution in [1.29, 1.82) is 0 Å². The third kappa shape index (κ3) is 3.00. The first-order chi connectivity index (χ1) is 18.3. The molecule has 3 unspecified atom stereocenters. The van der Waals surface area contributed by atoms with Crippen molar-refractivity contribution in [1.82, 2.24) is 15.2 Å². The Kier molecular flexibility index (Phi) is 4.57. The van der Waals surface area contributed by atoms with E-state index >= 15 is 0 Å². The van der Waals surface area contributed by atoms with Crippen molar-refractivity contribution in [2.24, 2.45) is 23.2 Å². The van der Waals surface area contributed by atoms with E-state index in [4.69, 9.17) is 4.74 Å². The number of hydrogen-bond donors (Lipinski definition) is 2. The summed E-state index contributed by atoms with van der Waals surface area (Å²) >= 11 is 1.31. The molecule has 0 radical (unpaired) electrons. The van der Waals surface area contributed by atoms with Gasteiger partial charge in [-0.15, -0.1) is 11.3 Å². The van der Waals surface area contributed by atoms with Crippen molar-refractivity contribution in [3.63, 3.8) is 0 Å². The number of carbonyl (C=O) groups is 4. The molecule has 3 atom stereocenters. The normalized spacial score (nSPS) is 35.8. The first-order valence-corrected chi connectivity index (χ1v) is 14.4. The molecule has 38 heavy (non-hydrogen) atoms. The van der Waals surface area contributed by atoms with Crippen LogP contribution in [0.25, 0.3) is 0 Å². The molecule has 8 rings (SSSR count). The summed E-state index contributed by atoms with van der Waals surface area (Å²) in [6.07, 6.45) is 6.30. The molecule has 6 aliphatic rings. The number of nitrogens with zero attached hydrogens (tertiary/aromatic N) is 2. The zero-order valence-corrected chi connectivity index (χ0v) is 21.6. The number of ether oxygens (including phenoxy) is 1. The van der Waals surface area contributed by atoms with Crippen LogP contribution in [-0.4, -0.2) is 45.2 Å². The maximum absolute atomic E-state index is 13.1. The fraction of sp³-hybridized carbons (Fsp3) is 0.536. The summed E-state index contributed by atoms with van der Waals surface area (Å²) in [7, 11) is 0. The lowest BCUT2D eigenvalue weighted by atomic mass is 9.38. The smallest absolute Gasteiger partial charge is 0.367 e. The number of hydrogen-bond acceptors (Lipinski definition) is 8. The summed E-state index contributed by atoms with van der Waals surface area (Å²) in [6.45, 7) is 0.692. The molecular weight excluding hydrogens is 504 g/mol. The number of aromatic nitrogens is 1. The molecule has 1 aromatic carbocycles. The molecule has 3 heterocycles. The number of imide groups is 1. The van der Waals surface area contributed by atoms with E-state index in [2.05, 4.69) is 15.6 Å². The lowest BCUT2D eigenvalue weighted by Gasteiger charge is -2.66. The van der Waals surface area contributed by atoms with Gasteiger partial charge in [-0.2, -0.15) is 0 Å². The largest absolute Gasteiger partial charge is 0.454 e. The first-order valence-electron chi connectivity index (χ1n) is 13.5. The second-order valence-corrected chi connectivity index (χ2v) is 12.9. The highest BCUT2D eigenvalue weighted by molar-refractivity contribution is 7.11. The van der Waals surface area contributed by atoms with Gasteiger partial charge in [0, 0.05) is 35.2 Å². The van der Waals surface area contributed by atoms with E-state index in [0.717, 1.165) is 54.0 Å². The van der Waals surface area contributed by atoms with Gasteiger partial charge in [0.1, 0.15) is 11.6 Å². The highest BCUT2D eigenvalue weighted by Gasteiger charge is 2.78. The first kappa shape index (κ1) is 22.7. The summed E-state index contributed by atoms with van der Waals surface area (Å²) in [6, 6.07) is 4.82. The Morgan fingerprint density at radius 3 is 2.74 bits per heavy atom. The van der Waals surface area contributed by atoms with E-state index < -0.39 is 11.9 Å². The van der Waals surface area contributed by atoms with Gasteiger partial charge in [0.05, 0.1) is 12.2 Å². The zero-order valence-electron chi connectivity index (χ0n) is 20.8. The maximum atomic E-state index is 13.1. The van der Waals surface area contributed by atoms with Gasteiger partial charge in [-0.25, -0.2) is 9.78 Å². The Morgan fingerprint density at radius 1 is 1.18 bits per heavy atom. The third-order valence-electron chi connectivity index (χ3n) is 10.4. The topological polar surface area (TPSA) is 118 Å². The third-order valence-corrected chi connectivity index (χ3v) is 11.2. The van der Waals surface area contributed by atoms with E-state index in [1.54, 1.807) is 11.0 Å². The van der Waals surface area contributed by atoms with Crippen LogP contribution in [0.2, 0.25) is 0 Å². The predicted octanol–water partition coefficient (Wildman–Crippen LogP) is 3.25. The fourth-order valence-corrected chi connectivity index (χ4v) is 9.47. The molecule has 2 N–H and O–H groups in total. The monoisotopic (exact) mass is 532 g/mol. The number of esters is 1. The zero-order chi connectivity index (χ0) is 25.8. The van der Waals surface area contributed by atoms with Gasteiger partial charge in [0.2, 0.25) is 16.8 Å². The molecule has 1 spiro atoms. The number of fused-ring (bicyclic) bond motifs is 2. The van der Waals surface area contributed by atoms with Crippen LogP contribution in [0.4, 0.5) is 5.69 Å². The van der Waals surface area contributed by atoms with Crippen molar-refractivity contribution < 1.29 is 23.9 Å². The molecule has 4 aliphatic carbocycles. The number of benzene rings is 1. The van der Waals surface area contributed by atoms with Crippen LogP contribution in [0, 0.1) is 23.2 Å². The molecule has 196 valence electrons. The van der Waals surface area contributed by atoms with Crippen LogP contribution in [0.5, 0.6) is 0 Å². The Balaban J connectivity index is 0.934. The standard InChI is InChI=1S/C28H28N4O5S/c33-22-5-4-21(23(34)31-22)32-11-19-18(25(32)35)2-1-3-20(19)29-10-17-12-38-24(30-17)26(36)37-27-8-15-6-14-7-16(9-27)28(14,15)13-27/h1-3,12,14-16,21,29H,4-11,13H2,(H,31,33,34). The van der Waals surface area contributed by atoms with Crippen molar-refractivity contribution >= 4 is 40.7 Å². The molecule has 5 fully saturated rings. The number of anilines is 1. The molecule has 9 nitrogen and oxygen atoms in total. The van der Waals surface area contributed by atoms with E-state index in [1.165, 1.54) is 24.2 Å². The van der Waals surface area contributed by atoms with E-state index in [9.17, 15) is 19.2 Å². The average Bonchev–Trinajstić information content (AvgIpc) is 3.62. The second-order valence-electron chi connectivity index (χ2n) is 12.1. The molecule has 2 bridgehead atoms. The minimum atomic E-state index is -0.650. The van der Waals surface area contributed by atoms with E-state index in [0.29, 0.717) is 35.5 Å². The van der Waals surface area contributed by atoms with Crippen LogP contribution in [0.3, 0.4) is 0 Å². The molecule has 4 saturated carbocycles. The Labute approximate surface area is 223 Å². The van der Waals surface area contributed by atoms with Gasteiger partial charge in [-0.05, 0) is 73.8 Å². The predicted molar refractivity (Wildman–Crippen MR) is 136 cm³/mol. The molecule has 3 amide bonds. The van der Waals surface area contributed by atoms with Gasteiger partial charge in [-0.1, -0.05) is 6.07 Å². The van der Waals surface area contributed by atoms with Crippen LogP contribution in [0.1, 0.15) is 76.4 Å². The Hall–Kier alpha value is -3.27. The van der Waals surface area contributed by atoms with Gasteiger partial charge in [-0.3, -0.25) is 19.7 Å². The summed E-state index contributed by atoms with van der Waals surface area (Å²) in [4.78, 5) is 56.1. The fourth-order valence-electron chi connectivity index (χ4n) is 8.78. The SMILES string of the molecule is O=C1CCC(N2Cc3c(NCc4csc(C(=O)OC56CC7CC8CC(C5)C87C6)n4)cccc3C2=O)C(=O)N1. The Bertz CT molecular complexity index is 1420. The van der Waals surface area contributed by atoms with Crippen molar-refractivity contribution in [3.05, 3.63) is 45.4 Å². The van der Waals surface area contributed by atoms with Gasteiger partial charge >= 0.3 is 5.97 Å². The number of nitrogens with one attached hydrogen (secondary N) is 2. The van der Waals surface area contributed by atoms with Crippen LogP contribution < -0.4 is 10.6 Å². The summed E-state index contributed by atoms with van der Waals surface area (Å²) in [5, 5.41) is 7.96. The lowest BCUT2D eigenvalue weighted by molar-refractivity contribution is -0.180. The van der Waals surface area contributed by atoms with Gasteiger partial charge in [0.15, 0.2) is 0 Å². The highest BCUT2D eigenvalue weighted by Crippen LogP contribution is 2.82. The molecular formula is C28H28N4O5S. The summed E-state index contributed by atoms with van der Waals surface area (Å²) in [5.74, 6) is 1.16. The van der Waals surface area contributed by atoms with Crippen LogP contribution >= 0.6 is 11.3 Å². The van der Waals surface area contributed by atoms with E-state index in [-0.39, 0.29) is 29.8 Å². The van der Waals surface area contributed by atoms with Crippen molar-refractivity contribution in [2.45, 2.75) is 69.7 Å². The number of rotatable bonds is 6. The number of carbonyl (C=O) groups excluding carboxylic acids is 4. The van der Waals surface area contributed by atoms with E-state index in [1.807, 2.05) is 17.5 Å². The van der Waals surface area contributed by atoms with Gasteiger partial charge in [0.25, 0.3) is 5.91 Å². The lowest BCUT2D eigenvalue weighted by Crippen LogP contribution is -2.59. The number of piperidine rings is 1. The maximum Gasteiger partial charge on any atom is 0.367 e. The second kappa shape index (κ2) is 7.65. The number of amides is 3. The number of thiazole rings is 1. The molecule has 1 saturated heterocycles. The summed E-state index contributed by atoms with van der Waals surface area (Å²) < 4.78 is 6.17.